The van der Waals surface area contributed by atoms with Crippen LogP contribution in [0.4, 0.5) is 5.69 Å². The molecule has 5 nitrogen and oxygen atoms in total. The monoisotopic (exact) mass is 413 g/mol. The van der Waals surface area contributed by atoms with Gasteiger partial charge in [0.1, 0.15) is 4.83 Å². The average Bonchev–Trinajstić information content (AvgIpc) is 3.07. The number of nitrogens with one attached hydrogen (secondary N) is 1. The first-order chi connectivity index (χ1) is 13.6. The Balaban J connectivity index is 1.64. The van der Waals surface area contributed by atoms with Crippen LogP contribution in [0, 0.1) is 0 Å². The van der Waals surface area contributed by atoms with E-state index in [9.17, 15) is 9.59 Å². The van der Waals surface area contributed by atoms with Gasteiger partial charge in [0.25, 0.3) is 5.56 Å². The van der Waals surface area contributed by atoms with Crippen LogP contribution in [0.2, 0.25) is 0 Å². The molecule has 1 atom stereocenters. The molecule has 146 valence electrons. The molecule has 1 unspecified atom stereocenters. The molecule has 0 saturated carbocycles. The predicted molar refractivity (Wildman–Crippen MR) is 117 cm³/mol. The van der Waals surface area contributed by atoms with E-state index in [1.807, 2.05) is 44.2 Å². The fourth-order valence-corrected chi connectivity index (χ4v) is 5.84. The highest BCUT2D eigenvalue weighted by molar-refractivity contribution is 8.00. The van der Waals surface area contributed by atoms with E-state index in [4.69, 9.17) is 4.98 Å². The number of amides is 1. The number of aryl methyl sites for hydroxylation is 2. The number of nitrogens with zero attached hydrogens (tertiary/aromatic N) is 2. The number of aromatic nitrogens is 2. The highest BCUT2D eigenvalue weighted by Crippen LogP contribution is 2.35. The highest BCUT2D eigenvalue weighted by atomic mass is 32.2. The van der Waals surface area contributed by atoms with Gasteiger partial charge in [-0.25, -0.2) is 4.98 Å². The van der Waals surface area contributed by atoms with Gasteiger partial charge >= 0.3 is 0 Å². The van der Waals surface area contributed by atoms with Crippen molar-refractivity contribution in [2.75, 3.05) is 5.32 Å². The molecule has 3 aromatic rings. The van der Waals surface area contributed by atoms with Crippen LogP contribution in [0.3, 0.4) is 0 Å². The third kappa shape index (κ3) is 3.61. The molecule has 0 spiro atoms. The van der Waals surface area contributed by atoms with Crippen LogP contribution in [0.5, 0.6) is 0 Å². The largest absolute Gasteiger partial charge is 0.325 e. The summed E-state index contributed by atoms with van der Waals surface area (Å²) in [6, 6.07) is 9.40. The van der Waals surface area contributed by atoms with Crippen LogP contribution in [0.1, 0.15) is 37.1 Å². The highest BCUT2D eigenvalue weighted by Gasteiger charge is 2.24. The van der Waals surface area contributed by atoms with Gasteiger partial charge in [0, 0.05) is 17.1 Å². The van der Waals surface area contributed by atoms with E-state index >= 15 is 0 Å². The quantitative estimate of drug-likeness (QED) is 0.495. The van der Waals surface area contributed by atoms with Crippen molar-refractivity contribution in [3.05, 3.63) is 51.1 Å². The molecule has 1 aliphatic rings. The van der Waals surface area contributed by atoms with E-state index in [-0.39, 0.29) is 16.7 Å². The molecular weight excluding hydrogens is 390 g/mol. The van der Waals surface area contributed by atoms with Crippen LogP contribution in [0.15, 0.2) is 40.3 Å². The van der Waals surface area contributed by atoms with Crippen molar-refractivity contribution in [3.8, 4) is 0 Å². The fourth-order valence-electron chi connectivity index (χ4n) is 3.57. The molecule has 0 aliphatic heterocycles. The number of anilines is 1. The lowest BCUT2D eigenvalue weighted by molar-refractivity contribution is -0.115. The molecule has 0 fully saturated rings. The molecule has 7 heteroatoms. The summed E-state index contributed by atoms with van der Waals surface area (Å²) in [6.45, 7) is 4.34. The Morgan fingerprint density at radius 2 is 2.04 bits per heavy atom. The number of hydrogen-bond donors (Lipinski definition) is 1. The number of benzene rings is 1. The Bertz CT molecular complexity index is 1070. The number of thioether (sulfide) groups is 1. The second kappa shape index (κ2) is 8.09. The zero-order valence-electron chi connectivity index (χ0n) is 16.0. The number of carbonyl (C=O) groups is 1. The number of fused-ring (bicyclic) bond motifs is 3. The number of thiophene rings is 1. The summed E-state index contributed by atoms with van der Waals surface area (Å²) in [6.07, 6.45) is 4.33. The van der Waals surface area contributed by atoms with Gasteiger partial charge in [-0.3, -0.25) is 14.2 Å². The predicted octanol–water partition coefficient (Wildman–Crippen LogP) is 4.48. The van der Waals surface area contributed by atoms with Gasteiger partial charge in [-0.05, 0) is 57.2 Å². The normalized spacial score (nSPS) is 14.6. The lowest BCUT2D eigenvalue weighted by atomic mass is 9.97. The van der Waals surface area contributed by atoms with E-state index < -0.39 is 0 Å². The molecule has 0 bridgehead atoms. The number of rotatable bonds is 5. The molecule has 2 aromatic heterocycles. The lowest BCUT2D eigenvalue weighted by Gasteiger charge is -2.15. The number of carbonyl (C=O) groups excluding carboxylic acids is 1. The minimum absolute atomic E-state index is 0.0325. The zero-order valence-corrected chi connectivity index (χ0v) is 17.7. The van der Waals surface area contributed by atoms with Crippen molar-refractivity contribution >= 4 is 44.9 Å². The summed E-state index contributed by atoms with van der Waals surface area (Å²) < 4.78 is 1.71. The van der Waals surface area contributed by atoms with Gasteiger partial charge in [0.2, 0.25) is 5.91 Å². The summed E-state index contributed by atoms with van der Waals surface area (Å²) in [5.41, 5.74) is 2.00. The van der Waals surface area contributed by atoms with Gasteiger partial charge in [-0.2, -0.15) is 0 Å². The average molecular weight is 414 g/mol. The minimum atomic E-state index is -0.364. The molecule has 0 radical (unpaired) electrons. The van der Waals surface area contributed by atoms with Crippen LogP contribution in [-0.2, 0) is 24.2 Å². The fraction of sp³-hybridized carbons (Fsp3) is 0.381. The molecule has 1 N–H and O–H groups in total. The van der Waals surface area contributed by atoms with E-state index in [2.05, 4.69) is 5.32 Å². The molecular formula is C21H23N3O2S2. The summed E-state index contributed by atoms with van der Waals surface area (Å²) in [5.74, 6) is -0.0985. The van der Waals surface area contributed by atoms with Crippen molar-refractivity contribution in [2.24, 2.45) is 0 Å². The van der Waals surface area contributed by atoms with E-state index in [0.717, 1.165) is 35.2 Å². The molecule has 4 rings (SSSR count). The summed E-state index contributed by atoms with van der Waals surface area (Å²) in [4.78, 5) is 32.7. The van der Waals surface area contributed by atoms with E-state index in [0.29, 0.717) is 11.7 Å². The maximum atomic E-state index is 13.2. The Labute approximate surface area is 172 Å². The smallest absolute Gasteiger partial charge is 0.263 e. The van der Waals surface area contributed by atoms with E-state index in [1.165, 1.54) is 28.6 Å². The zero-order chi connectivity index (χ0) is 19.7. The number of para-hydroxylation sites is 1. The van der Waals surface area contributed by atoms with Crippen molar-refractivity contribution in [2.45, 2.75) is 56.5 Å². The Hall–Kier alpha value is -2.12. The van der Waals surface area contributed by atoms with Gasteiger partial charge in [0.15, 0.2) is 5.16 Å². The topological polar surface area (TPSA) is 64.0 Å². The first-order valence-corrected chi connectivity index (χ1v) is 11.4. The summed E-state index contributed by atoms with van der Waals surface area (Å²) in [7, 11) is 0. The Morgan fingerprint density at radius 3 is 2.79 bits per heavy atom. The Kier molecular flexibility index (Phi) is 5.55. The van der Waals surface area contributed by atoms with E-state index in [1.54, 1.807) is 15.9 Å². The van der Waals surface area contributed by atoms with Crippen LogP contribution >= 0.6 is 23.1 Å². The maximum absolute atomic E-state index is 13.2. The maximum Gasteiger partial charge on any atom is 0.263 e. The molecule has 1 aliphatic carbocycles. The van der Waals surface area contributed by atoms with Crippen molar-refractivity contribution in [1.82, 2.24) is 9.55 Å². The van der Waals surface area contributed by atoms with Crippen LogP contribution in [-0.4, -0.2) is 20.7 Å². The first kappa shape index (κ1) is 19.2. The summed E-state index contributed by atoms with van der Waals surface area (Å²) in [5, 5.41) is 3.97. The molecule has 2 heterocycles. The summed E-state index contributed by atoms with van der Waals surface area (Å²) >= 11 is 2.99. The second-order valence-corrected chi connectivity index (χ2v) is 9.34. The van der Waals surface area contributed by atoms with Crippen LogP contribution in [0.25, 0.3) is 10.2 Å². The van der Waals surface area contributed by atoms with Gasteiger partial charge in [0.05, 0.1) is 10.6 Å². The third-order valence-corrected chi connectivity index (χ3v) is 7.32. The van der Waals surface area contributed by atoms with Crippen molar-refractivity contribution in [3.63, 3.8) is 0 Å². The standard InChI is InChI=1S/C21H23N3O2S2/c1-3-24-20(26)17-15-11-7-8-12-16(15)28-19(17)23-21(24)27-13(2)18(25)22-14-9-5-4-6-10-14/h4-6,9-10,13H,3,7-8,11-12H2,1-2H3,(H,22,25). The minimum Gasteiger partial charge on any atom is -0.325 e. The van der Waals surface area contributed by atoms with Gasteiger partial charge in [-0.15, -0.1) is 11.3 Å². The van der Waals surface area contributed by atoms with Crippen molar-refractivity contribution < 1.29 is 4.79 Å². The third-order valence-electron chi connectivity index (χ3n) is 5.05. The second-order valence-electron chi connectivity index (χ2n) is 6.95. The molecule has 0 saturated heterocycles. The molecule has 28 heavy (non-hydrogen) atoms. The first-order valence-electron chi connectivity index (χ1n) is 9.66. The van der Waals surface area contributed by atoms with Gasteiger partial charge in [-0.1, -0.05) is 30.0 Å². The lowest BCUT2D eigenvalue weighted by Crippen LogP contribution is -2.26. The van der Waals surface area contributed by atoms with Gasteiger partial charge < -0.3 is 5.32 Å². The molecule has 1 aromatic carbocycles. The van der Waals surface area contributed by atoms with Crippen molar-refractivity contribution in [1.29, 1.82) is 0 Å². The molecule has 1 amide bonds. The SMILES string of the molecule is CCn1c(SC(C)C(=O)Nc2ccccc2)nc2sc3c(c2c1=O)CCCC3. The Morgan fingerprint density at radius 1 is 1.29 bits per heavy atom. The van der Waals surface area contributed by atoms with Crippen LogP contribution < -0.4 is 10.9 Å². The number of hydrogen-bond acceptors (Lipinski definition) is 5.